The van der Waals surface area contributed by atoms with E-state index in [1.54, 1.807) is 18.4 Å². The fourth-order valence-corrected chi connectivity index (χ4v) is 5.94. The number of methoxy groups -OCH3 is 1. The second kappa shape index (κ2) is 7.13. The van der Waals surface area contributed by atoms with Crippen molar-refractivity contribution in [2.45, 2.75) is 43.7 Å². The fraction of sp³-hybridized carbons (Fsp3) is 0.545. The summed E-state index contributed by atoms with van der Waals surface area (Å²) in [6, 6.07) is 6.05. The van der Waals surface area contributed by atoms with Gasteiger partial charge < -0.3 is 9.64 Å². The van der Waals surface area contributed by atoms with Gasteiger partial charge in [0.15, 0.2) is 0 Å². The van der Waals surface area contributed by atoms with Gasteiger partial charge in [-0.05, 0) is 55.7 Å². The van der Waals surface area contributed by atoms with Gasteiger partial charge in [-0.15, -0.1) is 16.4 Å². The fourth-order valence-electron chi connectivity index (χ4n) is 5.28. The Kier molecular flexibility index (Phi) is 4.38. The number of fused-ring (bicyclic) bond motifs is 2. The third kappa shape index (κ3) is 3.13. The van der Waals surface area contributed by atoms with E-state index >= 15 is 0 Å². The van der Waals surface area contributed by atoms with E-state index in [1.807, 2.05) is 33.3 Å². The zero-order valence-corrected chi connectivity index (χ0v) is 17.8. The standard InChI is InChI=1S/C22H25N5O2S/c1-29-20-8-16-10-26(22(28)14-4-5-21-17(6-14)23-12-30-21)9-15(16)7-19(20)27-11-18(24-25-27)13-2-3-13/h4-6,11-13,15-16,19-20H,2-3,7-10H2,1H3/t15-,16+,19-,20-/m1/s1. The maximum Gasteiger partial charge on any atom is 0.253 e. The lowest BCUT2D eigenvalue weighted by atomic mass is 9.77. The summed E-state index contributed by atoms with van der Waals surface area (Å²) in [5, 5.41) is 8.84. The molecule has 3 aromatic rings. The molecule has 4 atom stereocenters. The van der Waals surface area contributed by atoms with Crippen LogP contribution in [0.2, 0.25) is 0 Å². The van der Waals surface area contributed by atoms with Crippen molar-refractivity contribution in [3.05, 3.63) is 41.2 Å². The molecular formula is C22H25N5O2S. The molecule has 8 heteroatoms. The summed E-state index contributed by atoms with van der Waals surface area (Å²) in [7, 11) is 1.79. The van der Waals surface area contributed by atoms with Gasteiger partial charge in [-0.2, -0.15) is 0 Å². The molecule has 1 aromatic carbocycles. The summed E-state index contributed by atoms with van der Waals surface area (Å²) in [6.45, 7) is 1.60. The summed E-state index contributed by atoms with van der Waals surface area (Å²) in [6.07, 6.45) is 6.62. The number of carbonyl (C=O) groups is 1. The molecule has 7 nitrogen and oxygen atoms in total. The van der Waals surface area contributed by atoms with Crippen LogP contribution in [0.4, 0.5) is 0 Å². The molecule has 0 radical (unpaired) electrons. The number of ether oxygens (including phenoxy) is 1. The van der Waals surface area contributed by atoms with Gasteiger partial charge in [-0.1, -0.05) is 5.21 Å². The van der Waals surface area contributed by atoms with Crippen LogP contribution in [0.25, 0.3) is 10.2 Å². The third-order valence-electron chi connectivity index (χ3n) is 7.12. The van der Waals surface area contributed by atoms with Gasteiger partial charge in [0.25, 0.3) is 5.91 Å². The molecule has 30 heavy (non-hydrogen) atoms. The Morgan fingerprint density at radius 1 is 1.20 bits per heavy atom. The molecule has 0 bridgehead atoms. The minimum atomic E-state index is 0.112. The summed E-state index contributed by atoms with van der Waals surface area (Å²) in [5.74, 6) is 1.67. The van der Waals surface area contributed by atoms with Crippen LogP contribution in [0.15, 0.2) is 29.9 Å². The van der Waals surface area contributed by atoms with Crippen molar-refractivity contribution in [2.75, 3.05) is 20.2 Å². The third-order valence-corrected chi connectivity index (χ3v) is 7.93. The summed E-state index contributed by atoms with van der Waals surface area (Å²) in [4.78, 5) is 19.6. The van der Waals surface area contributed by atoms with E-state index in [4.69, 9.17) is 4.74 Å². The first-order chi connectivity index (χ1) is 14.7. The topological polar surface area (TPSA) is 73.1 Å². The average Bonchev–Trinajstić information content (AvgIpc) is 3.18. The molecule has 6 rings (SSSR count). The lowest BCUT2D eigenvalue weighted by molar-refractivity contribution is -0.00546. The molecular weight excluding hydrogens is 398 g/mol. The highest BCUT2D eigenvalue weighted by Gasteiger charge is 2.45. The molecule has 0 spiro atoms. The first-order valence-corrected chi connectivity index (χ1v) is 11.6. The van der Waals surface area contributed by atoms with Crippen molar-refractivity contribution in [1.82, 2.24) is 24.9 Å². The van der Waals surface area contributed by atoms with Crippen LogP contribution in [0.1, 0.15) is 53.7 Å². The van der Waals surface area contributed by atoms with Crippen LogP contribution in [-0.2, 0) is 4.74 Å². The molecule has 1 aliphatic heterocycles. The van der Waals surface area contributed by atoms with Gasteiger partial charge in [0.05, 0.1) is 33.6 Å². The Morgan fingerprint density at radius 3 is 2.83 bits per heavy atom. The van der Waals surface area contributed by atoms with Gasteiger partial charge in [0, 0.05) is 37.9 Å². The molecule has 3 aliphatic rings. The summed E-state index contributed by atoms with van der Waals surface area (Å²) < 4.78 is 9.02. The van der Waals surface area contributed by atoms with E-state index in [0.717, 1.165) is 47.4 Å². The number of hydrogen-bond donors (Lipinski definition) is 0. The van der Waals surface area contributed by atoms with E-state index in [-0.39, 0.29) is 18.1 Å². The van der Waals surface area contributed by atoms with Gasteiger partial charge in [0.2, 0.25) is 0 Å². The number of aromatic nitrogens is 4. The molecule has 2 aromatic heterocycles. The van der Waals surface area contributed by atoms with E-state index in [0.29, 0.717) is 17.8 Å². The van der Waals surface area contributed by atoms with E-state index in [2.05, 4.69) is 21.5 Å². The molecule has 3 fully saturated rings. The molecule has 0 N–H and O–H groups in total. The van der Waals surface area contributed by atoms with Crippen LogP contribution in [0, 0.1) is 11.8 Å². The maximum absolute atomic E-state index is 13.2. The van der Waals surface area contributed by atoms with Crippen molar-refractivity contribution in [3.63, 3.8) is 0 Å². The Morgan fingerprint density at radius 2 is 2.03 bits per heavy atom. The predicted octanol–water partition coefficient (Wildman–Crippen LogP) is 3.50. The number of carbonyl (C=O) groups excluding carboxylic acids is 1. The smallest absolute Gasteiger partial charge is 0.253 e. The Balaban J connectivity index is 1.20. The number of rotatable bonds is 4. The largest absolute Gasteiger partial charge is 0.379 e. The number of likely N-dealkylation sites (tertiary alicyclic amines) is 1. The number of thiazole rings is 1. The number of nitrogens with zero attached hydrogens (tertiary/aromatic N) is 5. The Labute approximate surface area is 179 Å². The Bertz CT molecular complexity index is 1090. The van der Waals surface area contributed by atoms with Crippen molar-refractivity contribution in [3.8, 4) is 0 Å². The second-order valence-corrected chi connectivity index (χ2v) is 9.86. The molecule has 1 amide bonds. The van der Waals surface area contributed by atoms with Gasteiger partial charge in [0.1, 0.15) is 0 Å². The minimum absolute atomic E-state index is 0.112. The maximum atomic E-state index is 13.2. The predicted molar refractivity (Wildman–Crippen MR) is 114 cm³/mol. The SMILES string of the molecule is CO[C@@H]1C[C@H]2CN(C(=O)c3ccc4scnc4c3)C[C@H]2C[C@H]1n1cc(C2CC2)nn1. The second-order valence-electron chi connectivity index (χ2n) is 8.98. The number of amides is 1. The molecule has 2 saturated carbocycles. The number of benzene rings is 1. The van der Waals surface area contributed by atoms with Crippen molar-refractivity contribution >= 4 is 27.5 Å². The van der Waals surface area contributed by atoms with Gasteiger partial charge in [-0.3, -0.25) is 4.79 Å². The van der Waals surface area contributed by atoms with Crippen molar-refractivity contribution in [1.29, 1.82) is 0 Å². The summed E-state index contributed by atoms with van der Waals surface area (Å²) >= 11 is 1.60. The molecule has 0 unspecified atom stereocenters. The lowest BCUT2D eigenvalue weighted by Gasteiger charge is -2.36. The monoisotopic (exact) mass is 423 g/mol. The minimum Gasteiger partial charge on any atom is -0.379 e. The van der Waals surface area contributed by atoms with E-state index in [1.165, 1.54) is 12.8 Å². The van der Waals surface area contributed by atoms with Crippen LogP contribution < -0.4 is 0 Å². The molecule has 3 heterocycles. The lowest BCUT2D eigenvalue weighted by Crippen LogP contribution is -2.37. The van der Waals surface area contributed by atoms with Crippen molar-refractivity contribution < 1.29 is 9.53 Å². The van der Waals surface area contributed by atoms with Gasteiger partial charge in [-0.25, -0.2) is 9.67 Å². The van der Waals surface area contributed by atoms with Crippen LogP contribution >= 0.6 is 11.3 Å². The molecule has 2 aliphatic carbocycles. The zero-order valence-electron chi connectivity index (χ0n) is 17.0. The molecule has 156 valence electrons. The quantitative estimate of drug-likeness (QED) is 0.642. The Hall–Kier alpha value is -2.32. The highest BCUT2D eigenvalue weighted by Crippen LogP contribution is 2.44. The van der Waals surface area contributed by atoms with Crippen molar-refractivity contribution in [2.24, 2.45) is 11.8 Å². The highest BCUT2D eigenvalue weighted by atomic mass is 32.1. The average molecular weight is 424 g/mol. The van der Waals surface area contributed by atoms with E-state index < -0.39 is 0 Å². The van der Waals surface area contributed by atoms with E-state index in [9.17, 15) is 4.79 Å². The van der Waals surface area contributed by atoms with Crippen LogP contribution in [0.5, 0.6) is 0 Å². The normalized spacial score (nSPS) is 28.8. The van der Waals surface area contributed by atoms with Crippen LogP contribution in [-0.4, -0.2) is 57.1 Å². The first-order valence-electron chi connectivity index (χ1n) is 10.8. The van der Waals surface area contributed by atoms with Crippen LogP contribution in [0.3, 0.4) is 0 Å². The summed E-state index contributed by atoms with van der Waals surface area (Å²) in [5.41, 5.74) is 4.58. The zero-order chi connectivity index (χ0) is 20.2. The highest BCUT2D eigenvalue weighted by molar-refractivity contribution is 7.16. The van der Waals surface area contributed by atoms with Gasteiger partial charge >= 0.3 is 0 Å². The first kappa shape index (κ1) is 18.4. The number of hydrogen-bond acceptors (Lipinski definition) is 6. The molecule has 1 saturated heterocycles.